The Bertz CT molecular complexity index is 547. The van der Waals surface area contributed by atoms with Crippen molar-refractivity contribution in [1.82, 2.24) is 9.88 Å². The summed E-state index contributed by atoms with van der Waals surface area (Å²) in [7, 11) is 3.64. The Balaban J connectivity index is 2.49. The SMILES string of the molecule is CN(C)Cc1sc(C(F)(F)F)nc1-c1ccccc1. The molecule has 0 saturated carbocycles. The van der Waals surface area contributed by atoms with Crippen LogP contribution in [0.4, 0.5) is 13.2 Å². The predicted octanol–water partition coefficient (Wildman–Crippen LogP) is 3.89. The summed E-state index contributed by atoms with van der Waals surface area (Å²) in [6.07, 6.45) is -4.39. The average molecular weight is 286 g/mol. The van der Waals surface area contributed by atoms with Gasteiger partial charge in [-0.1, -0.05) is 30.3 Å². The summed E-state index contributed by atoms with van der Waals surface area (Å²) in [5.74, 6) is 0. The molecule has 1 heterocycles. The zero-order valence-corrected chi connectivity index (χ0v) is 11.3. The zero-order chi connectivity index (χ0) is 14.0. The van der Waals surface area contributed by atoms with Crippen LogP contribution < -0.4 is 0 Å². The fourth-order valence-corrected chi connectivity index (χ4v) is 2.76. The fraction of sp³-hybridized carbons (Fsp3) is 0.308. The lowest BCUT2D eigenvalue weighted by atomic mass is 10.1. The molecular formula is C13H13F3N2S. The van der Waals surface area contributed by atoms with Crippen LogP contribution in [-0.4, -0.2) is 24.0 Å². The molecule has 0 N–H and O–H groups in total. The average Bonchev–Trinajstić information content (AvgIpc) is 2.73. The molecule has 102 valence electrons. The molecule has 0 atom stereocenters. The fourth-order valence-electron chi connectivity index (χ4n) is 1.69. The van der Waals surface area contributed by atoms with E-state index < -0.39 is 11.2 Å². The molecule has 0 unspecified atom stereocenters. The Hall–Kier alpha value is -1.40. The predicted molar refractivity (Wildman–Crippen MR) is 69.9 cm³/mol. The molecule has 0 radical (unpaired) electrons. The summed E-state index contributed by atoms with van der Waals surface area (Å²) in [5.41, 5.74) is 1.14. The number of halogens is 3. The quantitative estimate of drug-likeness (QED) is 0.851. The molecule has 0 aliphatic carbocycles. The lowest BCUT2D eigenvalue weighted by Crippen LogP contribution is -2.10. The van der Waals surface area contributed by atoms with Gasteiger partial charge in [-0.05, 0) is 14.1 Å². The third kappa shape index (κ3) is 3.33. The van der Waals surface area contributed by atoms with Gasteiger partial charge in [0.05, 0.1) is 5.69 Å². The summed E-state index contributed by atoms with van der Waals surface area (Å²) >= 11 is 0.712. The second-order valence-corrected chi connectivity index (χ2v) is 5.48. The first kappa shape index (κ1) is 14.0. The summed E-state index contributed by atoms with van der Waals surface area (Å²) in [6.45, 7) is 0.442. The maximum absolute atomic E-state index is 12.8. The van der Waals surface area contributed by atoms with Gasteiger partial charge in [0.25, 0.3) is 0 Å². The third-order valence-corrected chi connectivity index (χ3v) is 3.53. The molecule has 2 rings (SSSR count). The standard InChI is InChI=1S/C13H13F3N2S/c1-18(2)8-10-11(9-6-4-3-5-7-9)17-12(19-10)13(14,15)16/h3-7H,8H2,1-2H3. The van der Waals surface area contributed by atoms with Crippen LogP contribution >= 0.6 is 11.3 Å². The van der Waals surface area contributed by atoms with Crippen molar-refractivity contribution in [2.24, 2.45) is 0 Å². The lowest BCUT2D eigenvalue weighted by Gasteiger charge is -2.08. The second-order valence-electron chi connectivity index (χ2n) is 4.39. The molecule has 1 aromatic carbocycles. The monoisotopic (exact) mass is 286 g/mol. The zero-order valence-electron chi connectivity index (χ0n) is 10.5. The molecule has 0 bridgehead atoms. The summed E-state index contributed by atoms with van der Waals surface area (Å²) in [6, 6.07) is 8.96. The molecule has 1 aromatic heterocycles. The number of hydrogen-bond acceptors (Lipinski definition) is 3. The summed E-state index contributed by atoms with van der Waals surface area (Å²) < 4.78 is 38.3. The van der Waals surface area contributed by atoms with Gasteiger partial charge in [-0.3, -0.25) is 0 Å². The molecule has 0 fully saturated rings. The largest absolute Gasteiger partial charge is 0.443 e. The van der Waals surface area contributed by atoms with E-state index in [4.69, 9.17) is 0 Å². The minimum atomic E-state index is -4.39. The highest BCUT2D eigenvalue weighted by Gasteiger charge is 2.36. The van der Waals surface area contributed by atoms with Crippen LogP contribution in [0.15, 0.2) is 30.3 Å². The molecule has 19 heavy (non-hydrogen) atoms. The number of aromatic nitrogens is 1. The molecule has 0 saturated heterocycles. The van der Waals surface area contributed by atoms with Crippen LogP contribution in [0.1, 0.15) is 9.88 Å². The van der Waals surface area contributed by atoms with Crippen LogP contribution in [0.5, 0.6) is 0 Å². The maximum atomic E-state index is 12.8. The van der Waals surface area contributed by atoms with E-state index in [0.29, 0.717) is 34.0 Å². The molecule has 2 nitrogen and oxygen atoms in total. The molecule has 2 aromatic rings. The van der Waals surface area contributed by atoms with E-state index in [1.165, 1.54) is 0 Å². The molecule has 0 spiro atoms. The highest BCUT2D eigenvalue weighted by atomic mass is 32.1. The van der Waals surface area contributed by atoms with E-state index in [9.17, 15) is 13.2 Å². The normalized spacial score (nSPS) is 12.1. The topological polar surface area (TPSA) is 16.1 Å². The Labute approximate surface area is 113 Å². The highest BCUT2D eigenvalue weighted by Crippen LogP contribution is 2.37. The van der Waals surface area contributed by atoms with Crippen molar-refractivity contribution in [3.05, 3.63) is 40.2 Å². The maximum Gasteiger partial charge on any atom is 0.443 e. The van der Waals surface area contributed by atoms with Crippen LogP contribution in [-0.2, 0) is 12.7 Å². The van der Waals surface area contributed by atoms with Crippen molar-refractivity contribution in [2.75, 3.05) is 14.1 Å². The Kier molecular flexibility index (Phi) is 3.91. The number of alkyl halides is 3. The van der Waals surface area contributed by atoms with E-state index in [0.717, 1.165) is 0 Å². The minimum absolute atomic E-state index is 0.423. The molecule has 0 aliphatic heterocycles. The van der Waals surface area contributed by atoms with Gasteiger partial charge in [0, 0.05) is 17.0 Å². The van der Waals surface area contributed by atoms with Gasteiger partial charge in [-0.2, -0.15) is 13.2 Å². The Morgan fingerprint density at radius 1 is 1.16 bits per heavy atom. The Morgan fingerprint density at radius 3 is 2.32 bits per heavy atom. The Morgan fingerprint density at radius 2 is 1.79 bits per heavy atom. The van der Waals surface area contributed by atoms with Gasteiger partial charge in [-0.15, -0.1) is 11.3 Å². The minimum Gasteiger partial charge on any atom is -0.304 e. The van der Waals surface area contributed by atoms with Gasteiger partial charge in [0.2, 0.25) is 0 Å². The number of nitrogens with zero attached hydrogens (tertiary/aromatic N) is 2. The van der Waals surface area contributed by atoms with Crippen molar-refractivity contribution in [3.63, 3.8) is 0 Å². The first-order valence-corrected chi connectivity index (χ1v) is 6.46. The van der Waals surface area contributed by atoms with E-state index in [2.05, 4.69) is 4.98 Å². The van der Waals surface area contributed by atoms with Crippen molar-refractivity contribution in [2.45, 2.75) is 12.7 Å². The number of rotatable bonds is 3. The van der Waals surface area contributed by atoms with Crippen molar-refractivity contribution >= 4 is 11.3 Å². The van der Waals surface area contributed by atoms with Crippen LogP contribution in [0, 0.1) is 0 Å². The molecule has 0 aliphatic rings. The van der Waals surface area contributed by atoms with Crippen molar-refractivity contribution in [1.29, 1.82) is 0 Å². The van der Waals surface area contributed by atoms with Gasteiger partial charge in [-0.25, -0.2) is 4.98 Å². The van der Waals surface area contributed by atoms with Gasteiger partial charge in [0.1, 0.15) is 0 Å². The van der Waals surface area contributed by atoms with Crippen LogP contribution in [0.3, 0.4) is 0 Å². The van der Waals surface area contributed by atoms with Gasteiger partial charge < -0.3 is 4.90 Å². The second kappa shape index (κ2) is 5.30. The van der Waals surface area contributed by atoms with E-state index in [1.54, 1.807) is 24.3 Å². The molecule has 6 heteroatoms. The third-order valence-electron chi connectivity index (χ3n) is 2.45. The number of thiazole rings is 1. The van der Waals surface area contributed by atoms with Gasteiger partial charge >= 0.3 is 6.18 Å². The smallest absolute Gasteiger partial charge is 0.304 e. The van der Waals surface area contributed by atoms with Crippen molar-refractivity contribution in [3.8, 4) is 11.3 Å². The van der Waals surface area contributed by atoms with Crippen LogP contribution in [0.2, 0.25) is 0 Å². The summed E-state index contributed by atoms with van der Waals surface area (Å²) in [5, 5.41) is -0.789. The first-order chi connectivity index (χ1) is 8.88. The molecular weight excluding hydrogens is 273 g/mol. The highest BCUT2D eigenvalue weighted by molar-refractivity contribution is 7.12. The van der Waals surface area contributed by atoms with E-state index >= 15 is 0 Å². The van der Waals surface area contributed by atoms with Crippen LogP contribution in [0.25, 0.3) is 11.3 Å². The van der Waals surface area contributed by atoms with Gasteiger partial charge in [0.15, 0.2) is 5.01 Å². The number of benzene rings is 1. The van der Waals surface area contributed by atoms with E-state index in [1.807, 2.05) is 25.1 Å². The number of hydrogen-bond donors (Lipinski definition) is 0. The van der Waals surface area contributed by atoms with E-state index in [-0.39, 0.29) is 0 Å². The summed E-state index contributed by atoms with van der Waals surface area (Å²) in [4.78, 5) is 6.23. The van der Waals surface area contributed by atoms with Crippen molar-refractivity contribution < 1.29 is 13.2 Å². The lowest BCUT2D eigenvalue weighted by molar-refractivity contribution is -0.137. The molecule has 0 amide bonds. The first-order valence-electron chi connectivity index (χ1n) is 5.65.